The molecule has 2 atom stereocenters. The lowest BCUT2D eigenvalue weighted by Crippen LogP contribution is -2.08. The van der Waals surface area contributed by atoms with Crippen LogP contribution in [-0.2, 0) is 13.6 Å². The van der Waals surface area contributed by atoms with Crippen molar-refractivity contribution in [3.63, 3.8) is 0 Å². The van der Waals surface area contributed by atoms with Crippen LogP contribution in [-0.4, -0.2) is 6.61 Å². The van der Waals surface area contributed by atoms with Gasteiger partial charge in [0.25, 0.3) is 0 Å². The molecule has 1 aromatic carbocycles. The Morgan fingerprint density at radius 1 is 1.50 bits per heavy atom. The summed E-state index contributed by atoms with van der Waals surface area (Å²) in [5.41, 5.74) is 0.958. The average molecular weight is 233 g/mol. The molecule has 0 aromatic heterocycles. The normalized spacial score (nSPS) is 27.5. The molecule has 0 radical (unpaired) electrons. The maximum atomic E-state index is 11.0. The molecule has 0 amide bonds. The van der Waals surface area contributed by atoms with Gasteiger partial charge in [0.05, 0.1) is 12.7 Å². The van der Waals surface area contributed by atoms with Gasteiger partial charge in [0.15, 0.2) is 0 Å². The predicted octanol–water partition coefficient (Wildman–Crippen LogP) is 3.21. The van der Waals surface area contributed by atoms with Gasteiger partial charge in [-0.1, -0.05) is 23.7 Å². The van der Waals surface area contributed by atoms with Gasteiger partial charge in [-0.05, 0) is 17.7 Å². The highest BCUT2D eigenvalue weighted by atomic mass is 35.5. The van der Waals surface area contributed by atoms with Crippen LogP contribution in [0, 0.1) is 0 Å². The van der Waals surface area contributed by atoms with Crippen LogP contribution in [0.1, 0.15) is 18.1 Å². The van der Waals surface area contributed by atoms with Gasteiger partial charge in [0.2, 0.25) is 0 Å². The summed E-state index contributed by atoms with van der Waals surface area (Å²) in [6.45, 7) is 0.481. The second kappa shape index (κ2) is 4.45. The fourth-order valence-electron chi connectivity index (χ4n) is 1.40. The molecule has 1 aromatic rings. The monoisotopic (exact) mass is 232 g/mol. The van der Waals surface area contributed by atoms with Crippen LogP contribution in [0.2, 0.25) is 5.02 Å². The highest BCUT2D eigenvalue weighted by molar-refractivity contribution is 7.33. The molecule has 1 fully saturated rings. The number of hydrogen-bond donors (Lipinski definition) is 0. The summed E-state index contributed by atoms with van der Waals surface area (Å²) in [6.07, 6.45) is 0.574. The van der Waals surface area contributed by atoms with E-state index < -0.39 is 8.25 Å². The highest BCUT2D eigenvalue weighted by Crippen LogP contribution is 2.40. The molecule has 3 nitrogen and oxygen atoms in total. The van der Waals surface area contributed by atoms with E-state index in [1.54, 1.807) is 6.07 Å². The molecule has 1 saturated heterocycles. The quantitative estimate of drug-likeness (QED) is 0.698. The van der Waals surface area contributed by atoms with Gasteiger partial charge in [-0.25, -0.2) is 0 Å². The summed E-state index contributed by atoms with van der Waals surface area (Å²) in [6, 6.07) is 7.39. The van der Waals surface area contributed by atoms with Crippen LogP contribution in [0.5, 0.6) is 0 Å². The van der Waals surface area contributed by atoms with Crippen LogP contribution in [0.4, 0.5) is 0 Å². The number of rotatable bonds is 1. The van der Waals surface area contributed by atoms with E-state index in [2.05, 4.69) is 0 Å². The first-order valence-corrected chi connectivity index (χ1v) is 5.95. The average Bonchev–Trinajstić information content (AvgIpc) is 2.18. The standard InChI is InChI=1S/C9H10ClO3P/c10-8-3-1-2-7(6-8)9-4-5-12-14(11)13-9/h1-3,6,9,14H,4-5H2. The molecular formula is C9H10ClO3P. The van der Waals surface area contributed by atoms with Crippen LogP contribution in [0.25, 0.3) is 0 Å². The molecule has 76 valence electrons. The molecule has 0 saturated carbocycles. The maximum absolute atomic E-state index is 11.0. The van der Waals surface area contributed by atoms with Crippen molar-refractivity contribution in [3.8, 4) is 0 Å². The fraction of sp³-hybridized carbons (Fsp3) is 0.333. The first-order chi connectivity index (χ1) is 6.75. The maximum Gasteiger partial charge on any atom is 0.319 e. The third-order valence-electron chi connectivity index (χ3n) is 2.06. The van der Waals surface area contributed by atoms with E-state index >= 15 is 0 Å². The Hall–Kier alpha value is -0.340. The molecule has 14 heavy (non-hydrogen) atoms. The minimum atomic E-state index is -2.29. The Labute approximate surface area is 87.9 Å². The number of hydrogen-bond acceptors (Lipinski definition) is 3. The van der Waals surface area contributed by atoms with Crippen LogP contribution >= 0.6 is 19.9 Å². The molecule has 0 spiro atoms. The molecule has 2 unspecified atom stereocenters. The minimum absolute atomic E-state index is 0.145. The first kappa shape index (κ1) is 10.2. The summed E-state index contributed by atoms with van der Waals surface area (Å²) in [5.74, 6) is 0. The Bertz CT molecular complexity index is 356. The fourth-order valence-corrected chi connectivity index (χ4v) is 2.44. The second-order valence-electron chi connectivity index (χ2n) is 3.05. The van der Waals surface area contributed by atoms with Crippen LogP contribution in [0.15, 0.2) is 24.3 Å². The minimum Gasteiger partial charge on any atom is -0.311 e. The smallest absolute Gasteiger partial charge is 0.311 e. The lowest BCUT2D eigenvalue weighted by atomic mass is 10.1. The van der Waals surface area contributed by atoms with Crippen molar-refractivity contribution in [1.82, 2.24) is 0 Å². The van der Waals surface area contributed by atoms with Gasteiger partial charge in [0, 0.05) is 11.4 Å². The van der Waals surface area contributed by atoms with Gasteiger partial charge >= 0.3 is 8.25 Å². The van der Waals surface area contributed by atoms with Crippen molar-refractivity contribution >= 4 is 19.9 Å². The Kier molecular flexibility index (Phi) is 3.24. The molecule has 0 N–H and O–H groups in total. The second-order valence-corrected chi connectivity index (χ2v) is 4.51. The molecule has 2 rings (SSSR count). The van der Waals surface area contributed by atoms with E-state index in [-0.39, 0.29) is 6.10 Å². The van der Waals surface area contributed by atoms with E-state index in [1.165, 1.54) is 0 Å². The Balaban J connectivity index is 2.17. The van der Waals surface area contributed by atoms with Crippen molar-refractivity contribution in [2.24, 2.45) is 0 Å². The van der Waals surface area contributed by atoms with Crippen molar-refractivity contribution < 1.29 is 13.6 Å². The summed E-state index contributed by atoms with van der Waals surface area (Å²) in [7, 11) is -2.29. The number of halogens is 1. The van der Waals surface area contributed by atoms with Gasteiger partial charge in [-0.3, -0.25) is 4.57 Å². The zero-order chi connectivity index (χ0) is 9.97. The van der Waals surface area contributed by atoms with Crippen LogP contribution < -0.4 is 0 Å². The van der Waals surface area contributed by atoms with Gasteiger partial charge in [-0.2, -0.15) is 0 Å². The third-order valence-corrected chi connectivity index (χ3v) is 3.21. The predicted molar refractivity (Wildman–Crippen MR) is 54.8 cm³/mol. The lowest BCUT2D eigenvalue weighted by Gasteiger charge is -2.22. The van der Waals surface area contributed by atoms with Crippen molar-refractivity contribution in [1.29, 1.82) is 0 Å². The van der Waals surface area contributed by atoms with Gasteiger partial charge in [0.1, 0.15) is 0 Å². The molecule has 0 bridgehead atoms. The van der Waals surface area contributed by atoms with Gasteiger partial charge in [-0.15, -0.1) is 0 Å². The highest BCUT2D eigenvalue weighted by Gasteiger charge is 2.20. The van der Waals surface area contributed by atoms with E-state index in [0.29, 0.717) is 11.6 Å². The molecule has 1 aliphatic heterocycles. The molecule has 0 aliphatic carbocycles. The first-order valence-electron chi connectivity index (χ1n) is 4.34. The summed E-state index contributed by atoms with van der Waals surface area (Å²) in [4.78, 5) is 0. The lowest BCUT2D eigenvalue weighted by molar-refractivity contribution is 0.0968. The van der Waals surface area contributed by atoms with Crippen molar-refractivity contribution in [3.05, 3.63) is 34.9 Å². The topological polar surface area (TPSA) is 35.5 Å². The molecular weight excluding hydrogens is 223 g/mol. The molecule has 1 aliphatic rings. The summed E-state index contributed by atoms with van der Waals surface area (Å²) < 4.78 is 21.1. The third kappa shape index (κ3) is 2.37. The van der Waals surface area contributed by atoms with Crippen molar-refractivity contribution in [2.45, 2.75) is 12.5 Å². The van der Waals surface area contributed by atoms with E-state index in [0.717, 1.165) is 12.0 Å². The Morgan fingerprint density at radius 3 is 3.07 bits per heavy atom. The SMILES string of the molecule is O=[PH]1OCCC(c2cccc(Cl)c2)O1. The van der Waals surface area contributed by atoms with E-state index in [4.69, 9.17) is 20.6 Å². The van der Waals surface area contributed by atoms with E-state index in [1.807, 2.05) is 18.2 Å². The van der Waals surface area contributed by atoms with Crippen molar-refractivity contribution in [2.75, 3.05) is 6.61 Å². The zero-order valence-electron chi connectivity index (χ0n) is 7.40. The summed E-state index contributed by atoms with van der Waals surface area (Å²) in [5, 5.41) is 0.664. The zero-order valence-corrected chi connectivity index (χ0v) is 9.16. The summed E-state index contributed by atoms with van der Waals surface area (Å²) >= 11 is 5.84. The molecule has 1 heterocycles. The van der Waals surface area contributed by atoms with Crippen LogP contribution in [0.3, 0.4) is 0 Å². The molecule has 5 heteroatoms. The van der Waals surface area contributed by atoms with Gasteiger partial charge < -0.3 is 9.05 Å². The van der Waals surface area contributed by atoms with E-state index in [9.17, 15) is 4.57 Å². The Morgan fingerprint density at radius 2 is 2.36 bits per heavy atom. The number of benzene rings is 1. The largest absolute Gasteiger partial charge is 0.319 e.